The number of nitriles is 1. The SMILES string of the molecule is Cc1cc(/C=C(/C#N)C(=O)NCc2ccccc2)c(C)n1-c1sc2c(c1C(=O)Nc1ccccc1)CCCC2. The Morgan fingerprint density at radius 3 is 2.44 bits per heavy atom. The van der Waals surface area contributed by atoms with Crippen molar-refractivity contribution in [2.45, 2.75) is 46.1 Å². The third-order valence-corrected chi connectivity index (χ3v) is 8.32. The van der Waals surface area contributed by atoms with E-state index >= 15 is 0 Å². The number of para-hydroxylation sites is 1. The second-order valence-corrected chi connectivity index (χ2v) is 10.8. The molecule has 2 heterocycles. The van der Waals surface area contributed by atoms with Crippen LogP contribution in [-0.2, 0) is 24.2 Å². The average Bonchev–Trinajstić information content (AvgIpc) is 3.47. The molecule has 6 nitrogen and oxygen atoms in total. The number of hydrogen-bond acceptors (Lipinski definition) is 4. The van der Waals surface area contributed by atoms with E-state index in [0.29, 0.717) is 6.54 Å². The smallest absolute Gasteiger partial charge is 0.262 e. The fourth-order valence-corrected chi connectivity index (χ4v) is 6.58. The summed E-state index contributed by atoms with van der Waals surface area (Å²) in [5.41, 5.74) is 6.21. The summed E-state index contributed by atoms with van der Waals surface area (Å²) in [4.78, 5) is 27.7. The zero-order valence-corrected chi connectivity index (χ0v) is 22.9. The lowest BCUT2D eigenvalue weighted by Crippen LogP contribution is -2.23. The highest BCUT2D eigenvalue weighted by Crippen LogP contribution is 2.39. The summed E-state index contributed by atoms with van der Waals surface area (Å²) in [7, 11) is 0. The molecule has 0 atom stereocenters. The van der Waals surface area contributed by atoms with Gasteiger partial charge in [-0.1, -0.05) is 48.5 Å². The number of thiophene rings is 1. The minimum atomic E-state index is -0.416. The molecule has 0 aliphatic heterocycles. The lowest BCUT2D eigenvalue weighted by molar-refractivity contribution is -0.117. The molecule has 5 rings (SSSR count). The molecule has 1 aliphatic rings. The first-order valence-electron chi connectivity index (χ1n) is 13.1. The number of nitrogens with zero attached hydrogens (tertiary/aromatic N) is 2. The highest BCUT2D eigenvalue weighted by Gasteiger charge is 2.28. The van der Waals surface area contributed by atoms with Crippen molar-refractivity contribution in [3.63, 3.8) is 0 Å². The first-order valence-corrected chi connectivity index (χ1v) is 13.9. The van der Waals surface area contributed by atoms with Crippen LogP contribution < -0.4 is 10.6 Å². The summed E-state index contributed by atoms with van der Waals surface area (Å²) >= 11 is 1.67. The minimum absolute atomic E-state index is 0.0405. The number of carbonyl (C=O) groups excluding carboxylic acids is 2. The van der Waals surface area contributed by atoms with Gasteiger partial charge in [0.05, 0.1) is 5.56 Å². The van der Waals surface area contributed by atoms with Crippen LogP contribution in [0.4, 0.5) is 5.69 Å². The van der Waals surface area contributed by atoms with E-state index in [4.69, 9.17) is 0 Å². The van der Waals surface area contributed by atoms with Crippen molar-refractivity contribution in [2.75, 3.05) is 5.32 Å². The van der Waals surface area contributed by atoms with Gasteiger partial charge in [-0.2, -0.15) is 5.26 Å². The fraction of sp³-hybridized carbons (Fsp3) is 0.219. The van der Waals surface area contributed by atoms with Gasteiger partial charge in [0.2, 0.25) is 0 Å². The summed E-state index contributed by atoms with van der Waals surface area (Å²) in [5.74, 6) is -0.529. The molecular formula is C32H30N4O2S. The van der Waals surface area contributed by atoms with Crippen LogP contribution >= 0.6 is 11.3 Å². The molecule has 1 aliphatic carbocycles. The van der Waals surface area contributed by atoms with Crippen molar-refractivity contribution in [3.8, 4) is 11.1 Å². The number of benzene rings is 2. The zero-order chi connectivity index (χ0) is 27.4. The molecule has 2 amide bonds. The zero-order valence-electron chi connectivity index (χ0n) is 22.1. The van der Waals surface area contributed by atoms with Gasteiger partial charge in [-0.05, 0) is 80.5 Å². The van der Waals surface area contributed by atoms with Gasteiger partial charge < -0.3 is 15.2 Å². The first-order chi connectivity index (χ1) is 19.0. The molecule has 0 saturated carbocycles. The summed E-state index contributed by atoms with van der Waals surface area (Å²) in [6.07, 6.45) is 5.67. The number of aryl methyl sites for hydroxylation is 2. The second-order valence-electron chi connectivity index (χ2n) is 9.71. The number of carbonyl (C=O) groups is 2. The molecule has 0 spiro atoms. The van der Waals surface area contributed by atoms with Crippen molar-refractivity contribution >= 4 is 34.9 Å². The largest absolute Gasteiger partial charge is 0.347 e. The Labute approximate surface area is 232 Å². The van der Waals surface area contributed by atoms with Crippen LogP contribution in [0.25, 0.3) is 11.1 Å². The third kappa shape index (κ3) is 5.57. The summed E-state index contributed by atoms with van der Waals surface area (Å²) in [6.45, 7) is 4.30. The Morgan fingerprint density at radius 1 is 1.03 bits per heavy atom. The van der Waals surface area contributed by atoms with E-state index in [9.17, 15) is 14.9 Å². The van der Waals surface area contributed by atoms with Crippen LogP contribution in [0.2, 0.25) is 0 Å². The number of rotatable bonds is 7. The highest BCUT2D eigenvalue weighted by molar-refractivity contribution is 7.15. The van der Waals surface area contributed by atoms with Crippen molar-refractivity contribution in [3.05, 3.63) is 111 Å². The predicted octanol–water partition coefficient (Wildman–Crippen LogP) is 6.51. The van der Waals surface area contributed by atoms with Gasteiger partial charge in [-0.3, -0.25) is 9.59 Å². The van der Waals surface area contributed by atoms with Crippen molar-refractivity contribution in [2.24, 2.45) is 0 Å². The monoisotopic (exact) mass is 534 g/mol. The van der Waals surface area contributed by atoms with Gasteiger partial charge in [0.25, 0.3) is 11.8 Å². The molecule has 2 aromatic carbocycles. The van der Waals surface area contributed by atoms with E-state index in [-0.39, 0.29) is 11.5 Å². The Morgan fingerprint density at radius 2 is 1.72 bits per heavy atom. The van der Waals surface area contributed by atoms with Gasteiger partial charge in [-0.25, -0.2) is 0 Å². The van der Waals surface area contributed by atoms with Crippen molar-refractivity contribution in [1.82, 2.24) is 9.88 Å². The Bertz CT molecular complexity index is 1590. The number of nitrogens with one attached hydrogen (secondary N) is 2. The predicted molar refractivity (Wildman–Crippen MR) is 156 cm³/mol. The molecule has 196 valence electrons. The van der Waals surface area contributed by atoms with E-state index in [1.807, 2.05) is 80.6 Å². The Balaban J connectivity index is 1.49. The van der Waals surface area contributed by atoms with Crippen LogP contribution in [-0.4, -0.2) is 16.4 Å². The van der Waals surface area contributed by atoms with Crippen LogP contribution in [0.15, 0.2) is 72.3 Å². The molecule has 2 aromatic heterocycles. The molecule has 7 heteroatoms. The topological polar surface area (TPSA) is 86.9 Å². The molecular weight excluding hydrogens is 504 g/mol. The number of fused-ring (bicyclic) bond motifs is 1. The standard InChI is InChI=1S/C32H30N4O2S/c1-21-17-24(18-25(19-33)30(37)34-20-23-11-5-3-6-12-23)22(2)36(21)32-29(27-15-9-10-16-28(27)39-32)31(38)35-26-13-7-4-8-14-26/h3-8,11-14,17-18H,9-10,15-16,20H2,1-2H3,(H,34,37)(H,35,38)/b25-18-. The molecule has 2 N–H and O–H groups in total. The van der Waals surface area contributed by atoms with Crippen molar-refractivity contribution in [1.29, 1.82) is 5.26 Å². The molecule has 0 bridgehead atoms. The molecule has 0 radical (unpaired) electrons. The van der Waals surface area contributed by atoms with Gasteiger partial charge in [-0.15, -0.1) is 11.3 Å². The maximum absolute atomic E-state index is 13.6. The lowest BCUT2D eigenvalue weighted by Gasteiger charge is -2.14. The quantitative estimate of drug-likeness (QED) is 0.209. The highest BCUT2D eigenvalue weighted by atomic mass is 32.1. The van der Waals surface area contributed by atoms with Gasteiger partial charge in [0.15, 0.2) is 0 Å². The third-order valence-electron chi connectivity index (χ3n) is 7.05. The number of hydrogen-bond donors (Lipinski definition) is 2. The lowest BCUT2D eigenvalue weighted by atomic mass is 9.95. The van der Waals surface area contributed by atoms with Crippen molar-refractivity contribution < 1.29 is 9.59 Å². The average molecular weight is 535 g/mol. The fourth-order valence-electron chi connectivity index (χ4n) is 5.08. The molecule has 0 fully saturated rings. The molecule has 39 heavy (non-hydrogen) atoms. The maximum Gasteiger partial charge on any atom is 0.262 e. The number of aromatic nitrogens is 1. The molecule has 4 aromatic rings. The van der Waals surface area contributed by atoms with Gasteiger partial charge in [0.1, 0.15) is 16.6 Å². The van der Waals surface area contributed by atoms with E-state index in [1.165, 1.54) is 4.88 Å². The van der Waals surface area contributed by atoms with Crippen LogP contribution in [0.1, 0.15) is 56.2 Å². The maximum atomic E-state index is 13.6. The molecule has 0 unspecified atom stereocenters. The first kappa shape index (κ1) is 26.2. The Kier molecular flexibility index (Phi) is 7.76. The molecule has 0 saturated heterocycles. The number of anilines is 1. The normalized spacial score (nSPS) is 12.9. The second kappa shape index (κ2) is 11.5. The van der Waals surface area contributed by atoms with E-state index in [2.05, 4.69) is 21.3 Å². The number of amides is 2. The summed E-state index contributed by atoms with van der Waals surface area (Å²) in [6, 6.07) is 23.1. The van der Waals surface area contributed by atoms with Crippen LogP contribution in [0, 0.1) is 25.2 Å². The van der Waals surface area contributed by atoms with E-state index in [1.54, 1.807) is 17.4 Å². The van der Waals surface area contributed by atoms with Gasteiger partial charge >= 0.3 is 0 Å². The minimum Gasteiger partial charge on any atom is -0.347 e. The van der Waals surface area contributed by atoms with E-state index < -0.39 is 5.91 Å². The van der Waals surface area contributed by atoms with Crippen LogP contribution in [0.5, 0.6) is 0 Å². The van der Waals surface area contributed by atoms with E-state index in [0.717, 1.165) is 70.0 Å². The van der Waals surface area contributed by atoms with Gasteiger partial charge in [0, 0.05) is 28.5 Å². The summed E-state index contributed by atoms with van der Waals surface area (Å²) < 4.78 is 2.09. The Hall–Kier alpha value is -4.41. The van der Waals surface area contributed by atoms with Crippen LogP contribution in [0.3, 0.4) is 0 Å². The summed E-state index contributed by atoms with van der Waals surface area (Å²) in [5, 5.41) is 16.6.